The number of nitrogens with one attached hydrogen (secondary N) is 1. The molecule has 118 valence electrons. The predicted octanol–water partition coefficient (Wildman–Crippen LogP) is 1.91. The van der Waals surface area contributed by atoms with Crippen molar-refractivity contribution in [2.75, 3.05) is 19.8 Å². The molecule has 4 nitrogen and oxygen atoms in total. The quantitative estimate of drug-likeness (QED) is 0.685. The summed E-state index contributed by atoms with van der Waals surface area (Å²) < 4.78 is 5.51. The second-order valence-electron chi connectivity index (χ2n) is 5.46. The van der Waals surface area contributed by atoms with Gasteiger partial charge in [-0.25, -0.2) is 0 Å². The minimum atomic E-state index is -0.482. The first kappa shape index (κ1) is 18.0. The summed E-state index contributed by atoms with van der Waals surface area (Å²) in [7, 11) is 0. The fraction of sp³-hybridized carbons (Fsp3) is 0.562. The zero-order chi connectivity index (χ0) is 14.2. The molecule has 0 heterocycles. The maximum atomic E-state index is 11.8. The van der Waals surface area contributed by atoms with Crippen molar-refractivity contribution in [2.24, 2.45) is 11.7 Å². The van der Waals surface area contributed by atoms with Crippen LogP contribution in [0.4, 0.5) is 0 Å². The fourth-order valence-electron chi connectivity index (χ4n) is 2.01. The molecule has 3 N–H and O–H groups in total. The molecule has 0 aromatic heterocycles. The van der Waals surface area contributed by atoms with Gasteiger partial charge in [0.25, 0.3) is 0 Å². The van der Waals surface area contributed by atoms with E-state index in [-0.39, 0.29) is 18.3 Å². The lowest BCUT2D eigenvalue weighted by Crippen LogP contribution is -2.42. The summed E-state index contributed by atoms with van der Waals surface area (Å²) >= 11 is 0. The highest BCUT2D eigenvalue weighted by atomic mass is 35.5. The number of amides is 1. The second kappa shape index (κ2) is 9.77. The third-order valence-corrected chi connectivity index (χ3v) is 3.45. The van der Waals surface area contributed by atoms with Crippen LogP contribution in [0.1, 0.15) is 24.8 Å². The van der Waals surface area contributed by atoms with Crippen LogP contribution in [0.25, 0.3) is 0 Å². The molecule has 1 amide bonds. The zero-order valence-electron chi connectivity index (χ0n) is 12.3. The molecule has 1 fully saturated rings. The molecule has 2 rings (SSSR count). The molecule has 0 bridgehead atoms. The van der Waals surface area contributed by atoms with E-state index in [1.807, 2.05) is 30.3 Å². The molecule has 1 aliphatic carbocycles. The summed E-state index contributed by atoms with van der Waals surface area (Å²) in [5.41, 5.74) is 6.98. The lowest BCUT2D eigenvalue weighted by Gasteiger charge is -2.12. The van der Waals surface area contributed by atoms with E-state index >= 15 is 0 Å². The SMILES string of the molecule is Cl.NC(Cc1ccccc1)C(=O)NCCCOCC1CC1. The van der Waals surface area contributed by atoms with Gasteiger partial charge in [0.05, 0.1) is 6.04 Å². The van der Waals surface area contributed by atoms with Gasteiger partial charge in [-0.2, -0.15) is 0 Å². The Morgan fingerprint density at radius 3 is 2.71 bits per heavy atom. The Kier molecular flexibility index (Phi) is 8.35. The molecule has 1 saturated carbocycles. The van der Waals surface area contributed by atoms with E-state index in [9.17, 15) is 4.79 Å². The first-order valence-electron chi connectivity index (χ1n) is 7.40. The van der Waals surface area contributed by atoms with Crippen molar-refractivity contribution < 1.29 is 9.53 Å². The topological polar surface area (TPSA) is 64.4 Å². The lowest BCUT2D eigenvalue weighted by atomic mass is 10.1. The van der Waals surface area contributed by atoms with E-state index in [1.165, 1.54) is 12.8 Å². The predicted molar refractivity (Wildman–Crippen MR) is 86.5 cm³/mol. The second-order valence-corrected chi connectivity index (χ2v) is 5.46. The first-order valence-corrected chi connectivity index (χ1v) is 7.40. The van der Waals surface area contributed by atoms with Crippen LogP contribution in [0.3, 0.4) is 0 Å². The van der Waals surface area contributed by atoms with E-state index < -0.39 is 6.04 Å². The van der Waals surface area contributed by atoms with Crippen molar-refractivity contribution in [1.82, 2.24) is 5.32 Å². The van der Waals surface area contributed by atoms with Gasteiger partial charge < -0.3 is 15.8 Å². The fourth-order valence-corrected chi connectivity index (χ4v) is 2.01. The third-order valence-electron chi connectivity index (χ3n) is 3.45. The Labute approximate surface area is 132 Å². The maximum Gasteiger partial charge on any atom is 0.237 e. The van der Waals surface area contributed by atoms with Crippen LogP contribution < -0.4 is 11.1 Å². The third kappa shape index (κ3) is 7.46. The molecular weight excluding hydrogens is 288 g/mol. The molecule has 0 aliphatic heterocycles. The Morgan fingerprint density at radius 1 is 1.33 bits per heavy atom. The smallest absolute Gasteiger partial charge is 0.237 e. The lowest BCUT2D eigenvalue weighted by molar-refractivity contribution is -0.122. The number of hydrogen-bond acceptors (Lipinski definition) is 3. The maximum absolute atomic E-state index is 11.8. The van der Waals surface area contributed by atoms with E-state index in [2.05, 4.69) is 5.32 Å². The average molecular weight is 313 g/mol. The van der Waals surface area contributed by atoms with E-state index in [0.717, 1.165) is 24.5 Å². The number of ether oxygens (including phenoxy) is 1. The first-order chi connectivity index (χ1) is 9.75. The summed E-state index contributed by atoms with van der Waals surface area (Å²) in [6, 6.07) is 9.35. The average Bonchev–Trinajstić information content (AvgIpc) is 3.27. The van der Waals surface area contributed by atoms with E-state index in [1.54, 1.807) is 0 Å². The Balaban J connectivity index is 0.00000220. The molecule has 1 aromatic rings. The number of benzene rings is 1. The van der Waals surface area contributed by atoms with Crippen LogP contribution >= 0.6 is 12.4 Å². The number of nitrogens with two attached hydrogens (primary N) is 1. The van der Waals surface area contributed by atoms with Gasteiger partial charge in [0.15, 0.2) is 0 Å². The molecule has 0 spiro atoms. The minimum Gasteiger partial charge on any atom is -0.381 e. The molecule has 0 radical (unpaired) electrons. The van der Waals surface area contributed by atoms with Crippen molar-refractivity contribution in [1.29, 1.82) is 0 Å². The van der Waals surface area contributed by atoms with Gasteiger partial charge in [-0.15, -0.1) is 12.4 Å². The largest absolute Gasteiger partial charge is 0.381 e. The number of rotatable bonds is 9. The Morgan fingerprint density at radius 2 is 2.05 bits per heavy atom. The molecule has 0 saturated heterocycles. The molecule has 1 unspecified atom stereocenters. The summed E-state index contributed by atoms with van der Waals surface area (Å²) in [4.78, 5) is 11.8. The van der Waals surface area contributed by atoms with Gasteiger partial charge in [0.2, 0.25) is 5.91 Å². The highest BCUT2D eigenvalue weighted by molar-refractivity contribution is 5.85. The van der Waals surface area contributed by atoms with Crippen molar-refractivity contribution in [3.05, 3.63) is 35.9 Å². The molecule has 1 atom stereocenters. The van der Waals surface area contributed by atoms with Crippen LogP contribution in [-0.4, -0.2) is 31.7 Å². The highest BCUT2D eigenvalue weighted by Crippen LogP contribution is 2.28. The number of carbonyl (C=O) groups excluding carboxylic acids is 1. The van der Waals surface area contributed by atoms with Crippen molar-refractivity contribution in [3.8, 4) is 0 Å². The van der Waals surface area contributed by atoms with Crippen LogP contribution in [0, 0.1) is 5.92 Å². The standard InChI is InChI=1S/C16H24N2O2.ClH/c17-15(11-13-5-2-1-3-6-13)16(19)18-9-4-10-20-12-14-7-8-14;/h1-3,5-6,14-15H,4,7-12,17H2,(H,18,19);1H. The zero-order valence-corrected chi connectivity index (χ0v) is 13.1. The molecule has 21 heavy (non-hydrogen) atoms. The van der Waals surface area contributed by atoms with Gasteiger partial charge in [0, 0.05) is 19.8 Å². The molecule has 5 heteroatoms. The van der Waals surface area contributed by atoms with Crippen LogP contribution in [0.5, 0.6) is 0 Å². The number of halogens is 1. The highest BCUT2D eigenvalue weighted by Gasteiger charge is 2.20. The van der Waals surface area contributed by atoms with Crippen molar-refractivity contribution >= 4 is 18.3 Å². The van der Waals surface area contributed by atoms with Gasteiger partial charge in [0.1, 0.15) is 0 Å². The summed E-state index contributed by atoms with van der Waals surface area (Å²) in [6.07, 6.45) is 4.04. The molecule has 1 aromatic carbocycles. The van der Waals surface area contributed by atoms with Gasteiger partial charge in [-0.1, -0.05) is 30.3 Å². The monoisotopic (exact) mass is 312 g/mol. The van der Waals surface area contributed by atoms with Crippen molar-refractivity contribution in [2.45, 2.75) is 31.7 Å². The summed E-state index contributed by atoms with van der Waals surface area (Å²) in [6.45, 7) is 2.22. The summed E-state index contributed by atoms with van der Waals surface area (Å²) in [5, 5.41) is 2.86. The molecular formula is C16H25ClN2O2. The number of carbonyl (C=O) groups is 1. The van der Waals surface area contributed by atoms with E-state index in [0.29, 0.717) is 19.6 Å². The van der Waals surface area contributed by atoms with Crippen LogP contribution in [-0.2, 0) is 16.0 Å². The van der Waals surface area contributed by atoms with Crippen LogP contribution in [0.15, 0.2) is 30.3 Å². The number of hydrogen-bond donors (Lipinski definition) is 2. The normalized spacial score (nSPS) is 15.1. The van der Waals surface area contributed by atoms with E-state index in [4.69, 9.17) is 10.5 Å². The molecule has 1 aliphatic rings. The Bertz CT molecular complexity index is 410. The summed E-state index contributed by atoms with van der Waals surface area (Å²) in [5.74, 6) is 0.708. The Hall–Kier alpha value is -1.10. The van der Waals surface area contributed by atoms with Gasteiger partial charge >= 0.3 is 0 Å². The minimum absolute atomic E-state index is 0. The van der Waals surface area contributed by atoms with Gasteiger partial charge in [-0.3, -0.25) is 4.79 Å². The van der Waals surface area contributed by atoms with Gasteiger partial charge in [-0.05, 0) is 37.2 Å². The van der Waals surface area contributed by atoms with Crippen LogP contribution in [0.2, 0.25) is 0 Å². The van der Waals surface area contributed by atoms with Crippen molar-refractivity contribution in [3.63, 3.8) is 0 Å².